The van der Waals surface area contributed by atoms with Gasteiger partial charge >= 0.3 is 0 Å². The molecule has 0 spiro atoms. The summed E-state index contributed by atoms with van der Waals surface area (Å²) in [6, 6.07) is 6.63. The number of amides is 2. The van der Waals surface area contributed by atoms with Crippen LogP contribution in [0.3, 0.4) is 0 Å². The first kappa shape index (κ1) is 25.2. The highest BCUT2D eigenvalue weighted by atomic mass is 16.5. The number of piperazine rings is 1. The fourth-order valence-electron chi connectivity index (χ4n) is 6.56. The van der Waals surface area contributed by atoms with E-state index in [0.717, 1.165) is 70.5 Å². The molecule has 5 rings (SSSR count). The molecule has 196 valence electrons. The number of nitrogens with zero attached hydrogens (tertiary/aromatic N) is 3. The quantitative estimate of drug-likeness (QED) is 0.624. The fraction of sp³-hybridized carbons (Fsp3) is 0.679. The van der Waals surface area contributed by atoms with Gasteiger partial charge in [-0.05, 0) is 56.0 Å². The van der Waals surface area contributed by atoms with Gasteiger partial charge in [0.05, 0.1) is 6.10 Å². The number of carbonyl (C=O) groups is 3. The smallest absolute Gasteiger partial charge is 0.251 e. The average molecular weight is 497 g/mol. The number of ketones is 1. The molecule has 4 atom stereocenters. The third kappa shape index (κ3) is 4.90. The zero-order chi connectivity index (χ0) is 25.2. The maximum atomic E-state index is 13.9. The van der Waals surface area contributed by atoms with E-state index >= 15 is 0 Å². The summed E-state index contributed by atoms with van der Waals surface area (Å²) in [5.41, 5.74) is 1.69. The summed E-state index contributed by atoms with van der Waals surface area (Å²) in [5, 5.41) is 3.09. The van der Waals surface area contributed by atoms with Gasteiger partial charge in [0, 0.05) is 49.9 Å². The van der Waals surface area contributed by atoms with E-state index in [1.54, 1.807) is 4.90 Å². The topological polar surface area (TPSA) is 82.2 Å². The molecule has 1 aromatic carbocycles. The van der Waals surface area contributed by atoms with Crippen LogP contribution in [-0.4, -0.2) is 91.5 Å². The zero-order valence-electron chi connectivity index (χ0n) is 21.7. The van der Waals surface area contributed by atoms with Gasteiger partial charge in [-0.2, -0.15) is 0 Å². The minimum absolute atomic E-state index is 0.0174. The Hall–Kier alpha value is -2.45. The molecule has 4 aliphatic rings. The third-order valence-corrected chi connectivity index (χ3v) is 8.84. The predicted octanol–water partition coefficient (Wildman–Crippen LogP) is 2.32. The van der Waals surface area contributed by atoms with Crippen LogP contribution in [0, 0.1) is 11.8 Å². The van der Waals surface area contributed by atoms with E-state index in [4.69, 9.17) is 4.74 Å². The Bertz CT molecular complexity index is 953. The Morgan fingerprint density at radius 2 is 1.75 bits per heavy atom. The van der Waals surface area contributed by atoms with Crippen LogP contribution >= 0.6 is 0 Å². The van der Waals surface area contributed by atoms with Gasteiger partial charge in [0.2, 0.25) is 5.91 Å². The number of likely N-dealkylation sites (N-methyl/N-ethyl adjacent to an activating group) is 1. The lowest BCUT2D eigenvalue weighted by atomic mass is 9.95. The molecule has 1 N–H and O–H groups in total. The molecular weight excluding hydrogens is 456 g/mol. The third-order valence-electron chi connectivity index (χ3n) is 8.84. The van der Waals surface area contributed by atoms with E-state index in [-0.39, 0.29) is 42.1 Å². The number of Topliss-reactive ketones (excluding diaryl/α,β-unsaturated/α-hetero) is 1. The van der Waals surface area contributed by atoms with Crippen molar-refractivity contribution in [2.45, 2.75) is 64.1 Å². The lowest BCUT2D eigenvalue weighted by Crippen LogP contribution is -2.54. The summed E-state index contributed by atoms with van der Waals surface area (Å²) in [6.07, 6.45) is 4.62. The van der Waals surface area contributed by atoms with Crippen LogP contribution in [0.5, 0.6) is 0 Å². The van der Waals surface area contributed by atoms with E-state index in [9.17, 15) is 14.4 Å². The van der Waals surface area contributed by atoms with E-state index < -0.39 is 12.1 Å². The Kier molecular flexibility index (Phi) is 7.62. The number of hydrogen-bond donors (Lipinski definition) is 1. The first-order valence-corrected chi connectivity index (χ1v) is 13.8. The van der Waals surface area contributed by atoms with Crippen molar-refractivity contribution in [3.8, 4) is 0 Å². The summed E-state index contributed by atoms with van der Waals surface area (Å²) in [5.74, 6) is -0.0924. The standard InChI is InChI=1S/C28H40N4O4/c1-3-19-17-32(25-23(33)18-36-26(19)25)28(35)24(20-7-5-6-8-20)29-27(34)21-9-11-22(12-10-21)31-15-13-30(4-2)14-16-31/h9-12,19-20,24-26H,3-8,13-18H2,1-2H3,(H,29,34)/t19-,24-,25+,26+/m0/s1. The van der Waals surface area contributed by atoms with Crippen molar-refractivity contribution in [2.75, 3.05) is 50.8 Å². The van der Waals surface area contributed by atoms with E-state index in [2.05, 4.69) is 29.0 Å². The summed E-state index contributed by atoms with van der Waals surface area (Å²) in [7, 11) is 0. The molecule has 0 unspecified atom stereocenters. The largest absolute Gasteiger partial charge is 0.369 e. The Labute approximate surface area is 214 Å². The van der Waals surface area contributed by atoms with Crippen LogP contribution in [0.1, 0.15) is 56.3 Å². The molecule has 8 heteroatoms. The maximum Gasteiger partial charge on any atom is 0.251 e. The minimum atomic E-state index is -0.605. The number of anilines is 1. The van der Waals surface area contributed by atoms with Gasteiger partial charge in [0.15, 0.2) is 5.78 Å². The molecule has 1 aromatic rings. The number of benzene rings is 1. The molecule has 4 fully saturated rings. The van der Waals surface area contributed by atoms with Crippen molar-refractivity contribution >= 4 is 23.3 Å². The summed E-state index contributed by atoms with van der Waals surface area (Å²) in [4.78, 5) is 46.3. The second kappa shape index (κ2) is 10.9. The second-order valence-electron chi connectivity index (χ2n) is 10.8. The first-order chi connectivity index (χ1) is 17.5. The molecule has 36 heavy (non-hydrogen) atoms. The Morgan fingerprint density at radius 3 is 2.39 bits per heavy atom. The highest BCUT2D eigenvalue weighted by Gasteiger charge is 2.53. The Balaban J connectivity index is 1.29. The Morgan fingerprint density at radius 1 is 1.06 bits per heavy atom. The monoisotopic (exact) mass is 496 g/mol. The normalized spacial score (nSPS) is 27.9. The van der Waals surface area contributed by atoms with Crippen molar-refractivity contribution in [1.82, 2.24) is 15.1 Å². The lowest BCUT2D eigenvalue weighted by Gasteiger charge is -2.35. The molecule has 0 bridgehead atoms. The van der Waals surface area contributed by atoms with Crippen molar-refractivity contribution in [1.29, 1.82) is 0 Å². The van der Waals surface area contributed by atoms with Crippen LogP contribution in [0.15, 0.2) is 24.3 Å². The second-order valence-corrected chi connectivity index (χ2v) is 10.8. The number of nitrogens with one attached hydrogen (secondary N) is 1. The van der Waals surface area contributed by atoms with Gasteiger partial charge in [0.25, 0.3) is 5.91 Å². The van der Waals surface area contributed by atoms with Crippen LogP contribution < -0.4 is 10.2 Å². The predicted molar refractivity (Wildman–Crippen MR) is 138 cm³/mol. The number of rotatable bonds is 7. The highest BCUT2D eigenvalue weighted by molar-refractivity contribution is 5.99. The molecule has 3 saturated heterocycles. The minimum Gasteiger partial charge on any atom is -0.369 e. The van der Waals surface area contributed by atoms with Crippen molar-refractivity contribution in [2.24, 2.45) is 11.8 Å². The molecule has 8 nitrogen and oxygen atoms in total. The summed E-state index contributed by atoms with van der Waals surface area (Å²) in [6.45, 7) is 10.0. The summed E-state index contributed by atoms with van der Waals surface area (Å²) < 4.78 is 5.76. The van der Waals surface area contributed by atoms with Gasteiger partial charge in [0.1, 0.15) is 18.7 Å². The maximum absolute atomic E-state index is 13.9. The van der Waals surface area contributed by atoms with Gasteiger partial charge < -0.3 is 24.8 Å². The van der Waals surface area contributed by atoms with E-state index in [0.29, 0.717) is 12.1 Å². The zero-order valence-corrected chi connectivity index (χ0v) is 21.7. The lowest BCUT2D eigenvalue weighted by molar-refractivity contribution is -0.139. The summed E-state index contributed by atoms with van der Waals surface area (Å²) >= 11 is 0. The number of carbonyl (C=O) groups excluding carboxylic acids is 3. The molecule has 0 aromatic heterocycles. The van der Waals surface area contributed by atoms with Crippen molar-refractivity contribution in [3.63, 3.8) is 0 Å². The van der Waals surface area contributed by atoms with Crippen LogP contribution in [-0.2, 0) is 14.3 Å². The molecule has 2 amide bonds. The average Bonchev–Trinajstić information content (AvgIpc) is 3.66. The SMILES string of the molecule is CC[C@H]1CN(C(=O)[C@@H](NC(=O)c2ccc(N3CCN(CC)CC3)cc2)C2CCCC2)[C@@H]2C(=O)CO[C@H]12. The molecule has 3 heterocycles. The van der Waals surface area contributed by atoms with E-state index in [1.165, 1.54) is 0 Å². The van der Waals surface area contributed by atoms with Gasteiger partial charge in [-0.1, -0.05) is 26.7 Å². The molecule has 0 radical (unpaired) electrons. The van der Waals surface area contributed by atoms with Crippen LogP contribution in [0.4, 0.5) is 5.69 Å². The van der Waals surface area contributed by atoms with Crippen molar-refractivity contribution in [3.05, 3.63) is 29.8 Å². The van der Waals surface area contributed by atoms with Crippen LogP contribution in [0.2, 0.25) is 0 Å². The highest BCUT2D eigenvalue weighted by Crippen LogP contribution is 2.36. The van der Waals surface area contributed by atoms with Gasteiger partial charge in [-0.3, -0.25) is 14.4 Å². The number of likely N-dealkylation sites (tertiary alicyclic amines) is 1. The molecular formula is C28H40N4O4. The number of fused-ring (bicyclic) bond motifs is 1. The van der Waals surface area contributed by atoms with E-state index in [1.807, 2.05) is 24.3 Å². The molecule has 3 aliphatic heterocycles. The molecule has 1 aliphatic carbocycles. The first-order valence-electron chi connectivity index (χ1n) is 13.8. The van der Waals surface area contributed by atoms with Crippen molar-refractivity contribution < 1.29 is 19.1 Å². The number of ether oxygens (including phenoxy) is 1. The van der Waals surface area contributed by atoms with Gasteiger partial charge in [-0.15, -0.1) is 0 Å². The van der Waals surface area contributed by atoms with Gasteiger partial charge in [-0.25, -0.2) is 0 Å². The fourth-order valence-corrected chi connectivity index (χ4v) is 6.56. The molecule has 1 saturated carbocycles. The number of hydrogen-bond acceptors (Lipinski definition) is 6. The van der Waals surface area contributed by atoms with Crippen LogP contribution in [0.25, 0.3) is 0 Å².